The Balaban J connectivity index is 1.82. The topological polar surface area (TPSA) is 40.5 Å². The van der Waals surface area contributed by atoms with Crippen molar-refractivity contribution in [2.75, 3.05) is 11.4 Å². The fourth-order valence-corrected chi connectivity index (χ4v) is 5.82. The first-order chi connectivity index (χ1) is 11.6. The van der Waals surface area contributed by atoms with Crippen LogP contribution in [0.4, 0.5) is 5.69 Å². The van der Waals surface area contributed by atoms with Gasteiger partial charge >= 0.3 is 5.97 Å². The van der Waals surface area contributed by atoms with Crippen LogP contribution in [0.1, 0.15) is 46.9 Å². The van der Waals surface area contributed by atoms with E-state index in [1.807, 2.05) is 0 Å². The highest BCUT2D eigenvalue weighted by Crippen LogP contribution is 2.56. The van der Waals surface area contributed by atoms with Gasteiger partial charge in [-0.2, -0.15) is 0 Å². The number of anilines is 1. The second-order valence-electron chi connectivity index (χ2n) is 7.92. The maximum absolute atomic E-state index is 12.2. The van der Waals surface area contributed by atoms with Crippen molar-refractivity contribution in [2.24, 2.45) is 11.8 Å². The minimum absolute atomic E-state index is 0.176. The van der Waals surface area contributed by atoms with Crippen LogP contribution >= 0.6 is 0 Å². The quantitative estimate of drug-likeness (QED) is 0.797. The molecule has 4 aliphatic rings. The summed E-state index contributed by atoms with van der Waals surface area (Å²) < 4.78 is 0. The van der Waals surface area contributed by atoms with Gasteiger partial charge in [-0.3, -0.25) is 0 Å². The summed E-state index contributed by atoms with van der Waals surface area (Å²) in [4.78, 5) is 14.4. The Morgan fingerprint density at radius 3 is 2.50 bits per heavy atom. The van der Waals surface area contributed by atoms with E-state index in [0.717, 1.165) is 19.4 Å². The third kappa shape index (κ3) is 1.65. The molecule has 124 valence electrons. The molecular formula is C21H23NO2. The molecule has 1 N–H and O–H groups in total. The van der Waals surface area contributed by atoms with Gasteiger partial charge in [0.15, 0.2) is 0 Å². The molecule has 5 atom stereocenters. The highest BCUT2D eigenvalue weighted by Gasteiger charge is 2.50. The van der Waals surface area contributed by atoms with Crippen molar-refractivity contribution in [1.82, 2.24) is 0 Å². The number of aryl methyl sites for hydroxylation is 2. The number of hydrogen-bond donors (Lipinski definition) is 1. The van der Waals surface area contributed by atoms with Crippen molar-refractivity contribution in [3.05, 3.63) is 52.6 Å². The fraction of sp³-hybridized carbons (Fsp3) is 0.476. The van der Waals surface area contributed by atoms with Crippen molar-refractivity contribution >= 4 is 11.7 Å². The smallest absolute Gasteiger partial charge is 0.326 e. The van der Waals surface area contributed by atoms with Crippen molar-refractivity contribution in [3.8, 4) is 0 Å². The van der Waals surface area contributed by atoms with E-state index in [9.17, 15) is 9.90 Å². The molecule has 0 amide bonds. The molecule has 0 fully saturated rings. The summed E-state index contributed by atoms with van der Waals surface area (Å²) in [5.74, 6) is 0.772. The minimum atomic E-state index is -0.658. The van der Waals surface area contributed by atoms with E-state index < -0.39 is 5.97 Å². The number of carboxylic acid groups (broad SMARTS) is 1. The lowest BCUT2D eigenvalue weighted by Gasteiger charge is -2.50. The van der Waals surface area contributed by atoms with Crippen LogP contribution in [0.5, 0.6) is 0 Å². The average Bonchev–Trinajstić information content (AvgIpc) is 3.17. The van der Waals surface area contributed by atoms with Gasteiger partial charge in [0, 0.05) is 30.0 Å². The van der Waals surface area contributed by atoms with Crippen molar-refractivity contribution < 1.29 is 9.90 Å². The molecule has 0 radical (unpaired) electrons. The Kier molecular flexibility index (Phi) is 2.83. The number of carboxylic acids is 1. The molecule has 1 aromatic carbocycles. The molecule has 24 heavy (non-hydrogen) atoms. The SMILES string of the molecule is Cc1cc(C)c2c3c1[C@H]1C=CC[C@H]1CN3[C@H](C(=O)O)[C@H]1CC=C[C@H]21. The van der Waals surface area contributed by atoms with Crippen LogP contribution in [0.3, 0.4) is 0 Å². The molecule has 2 aliphatic heterocycles. The van der Waals surface area contributed by atoms with Gasteiger partial charge in [-0.25, -0.2) is 4.79 Å². The predicted molar refractivity (Wildman–Crippen MR) is 94.7 cm³/mol. The number of hydrogen-bond acceptors (Lipinski definition) is 2. The van der Waals surface area contributed by atoms with E-state index in [0.29, 0.717) is 11.8 Å². The summed E-state index contributed by atoms with van der Waals surface area (Å²) in [5.41, 5.74) is 6.68. The van der Waals surface area contributed by atoms with E-state index >= 15 is 0 Å². The predicted octanol–water partition coefficient (Wildman–Crippen LogP) is 3.91. The van der Waals surface area contributed by atoms with Crippen LogP contribution in [0.15, 0.2) is 30.4 Å². The zero-order chi connectivity index (χ0) is 16.6. The van der Waals surface area contributed by atoms with Crippen LogP contribution < -0.4 is 4.90 Å². The van der Waals surface area contributed by atoms with Gasteiger partial charge in [-0.05, 0) is 54.9 Å². The summed E-state index contributed by atoms with van der Waals surface area (Å²) in [6, 6.07) is 1.93. The van der Waals surface area contributed by atoms with Crippen molar-refractivity contribution in [3.63, 3.8) is 0 Å². The maximum Gasteiger partial charge on any atom is 0.326 e. The largest absolute Gasteiger partial charge is 0.480 e. The minimum Gasteiger partial charge on any atom is -0.480 e. The molecule has 0 unspecified atom stereocenters. The lowest BCUT2D eigenvalue weighted by molar-refractivity contribution is -0.140. The molecule has 2 heterocycles. The standard InChI is InChI=1S/C21H23NO2/c1-11-9-12(2)18-15-7-4-8-16(15)19(21(23)24)22-10-13-5-3-6-14(13)17(11)20(18)22/h3-4,6-7,9,13-16,19H,5,8,10H2,1-2H3,(H,23,24)/t13-,14-,15-,16-,19-/m0/s1. The van der Waals surface area contributed by atoms with Crippen molar-refractivity contribution in [1.29, 1.82) is 0 Å². The normalized spacial score (nSPS) is 34.9. The number of aliphatic carboxylic acids is 1. The molecule has 0 aromatic heterocycles. The Bertz CT molecular complexity index is 786. The number of rotatable bonds is 1. The number of benzene rings is 1. The summed E-state index contributed by atoms with van der Waals surface area (Å²) in [5, 5.41) is 10.0. The Morgan fingerprint density at radius 2 is 1.75 bits per heavy atom. The zero-order valence-electron chi connectivity index (χ0n) is 14.2. The molecule has 3 heteroatoms. The van der Waals surface area contributed by atoms with Gasteiger partial charge in [-0.15, -0.1) is 0 Å². The third-order valence-electron chi connectivity index (χ3n) is 6.68. The first-order valence-electron chi connectivity index (χ1n) is 9.04. The molecule has 0 saturated carbocycles. The second-order valence-corrected chi connectivity index (χ2v) is 7.92. The Hall–Kier alpha value is -2.03. The molecule has 3 nitrogen and oxygen atoms in total. The number of allylic oxidation sites excluding steroid dienone is 4. The Labute approximate surface area is 142 Å². The van der Waals surface area contributed by atoms with Crippen LogP contribution in [0, 0.1) is 25.7 Å². The lowest BCUT2D eigenvalue weighted by Crippen LogP contribution is -2.54. The van der Waals surface area contributed by atoms with E-state index in [4.69, 9.17) is 0 Å². The first-order valence-corrected chi connectivity index (χ1v) is 9.04. The summed E-state index contributed by atoms with van der Waals surface area (Å²) >= 11 is 0. The van der Waals surface area contributed by atoms with E-state index in [-0.39, 0.29) is 17.9 Å². The highest BCUT2D eigenvalue weighted by molar-refractivity contribution is 5.84. The third-order valence-corrected chi connectivity index (χ3v) is 6.68. The summed E-state index contributed by atoms with van der Waals surface area (Å²) in [6.07, 6.45) is 11.0. The van der Waals surface area contributed by atoms with Gasteiger partial charge in [-0.1, -0.05) is 30.4 Å². The van der Waals surface area contributed by atoms with E-state index in [1.165, 1.54) is 27.9 Å². The Morgan fingerprint density at radius 1 is 1.08 bits per heavy atom. The van der Waals surface area contributed by atoms with Gasteiger partial charge in [0.1, 0.15) is 6.04 Å². The average molecular weight is 321 g/mol. The van der Waals surface area contributed by atoms with Crippen LogP contribution in [0.2, 0.25) is 0 Å². The van der Waals surface area contributed by atoms with Gasteiger partial charge in [0.2, 0.25) is 0 Å². The number of carbonyl (C=O) groups is 1. The summed E-state index contributed by atoms with van der Waals surface area (Å²) in [6.45, 7) is 5.27. The lowest BCUT2D eigenvalue weighted by atomic mass is 9.70. The molecular weight excluding hydrogens is 298 g/mol. The molecule has 0 spiro atoms. The monoisotopic (exact) mass is 321 g/mol. The fourth-order valence-electron chi connectivity index (χ4n) is 5.82. The first kappa shape index (κ1) is 14.3. The molecule has 0 bridgehead atoms. The van der Waals surface area contributed by atoms with Crippen LogP contribution in [-0.2, 0) is 4.79 Å². The van der Waals surface area contributed by atoms with Gasteiger partial charge < -0.3 is 10.0 Å². The summed E-state index contributed by atoms with van der Waals surface area (Å²) in [7, 11) is 0. The van der Waals surface area contributed by atoms with Gasteiger partial charge in [0.05, 0.1) is 0 Å². The van der Waals surface area contributed by atoms with E-state index in [2.05, 4.69) is 49.1 Å². The molecule has 5 rings (SSSR count). The van der Waals surface area contributed by atoms with E-state index in [1.54, 1.807) is 0 Å². The number of fused-ring (bicyclic) bond motifs is 4. The second kappa shape index (κ2) is 4.75. The highest BCUT2D eigenvalue weighted by atomic mass is 16.4. The van der Waals surface area contributed by atoms with Crippen molar-refractivity contribution in [2.45, 2.75) is 44.6 Å². The van der Waals surface area contributed by atoms with Crippen LogP contribution in [0.25, 0.3) is 0 Å². The molecule has 1 aromatic rings. The molecule has 0 saturated heterocycles. The maximum atomic E-state index is 12.2. The molecule has 2 aliphatic carbocycles. The zero-order valence-corrected chi connectivity index (χ0v) is 14.2. The van der Waals surface area contributed by atoms with Crippen LogP contribution in [-0.4, -0.2) is 23.7 Å². The number of nitrogens with zero attached hydrogens (tertiary/aromatic N) is 1. The van der Waals surface area contributed by atoms with Gasteiger partial charge in [0.25, 0.3) is 0 Å².